The molecule has 0 saturated heterocycles. The SMILES string of the molecule is C[C@@H](CO)[C@@H]1CCC=CO1. The summed E-state index contributed by atoms with van der Waals surface area (Å²) in [5.41, 5.74) is 0. The largest absolute Gasteiger partial charge is 0.498 e. The normalized spacial score (nSPS) is 27.6. The average Bonchev–Trinajstić information content (AvgIpc) is 2.05. The van der Waals surface area contributed by atoms with Crippen LogP contribution in [0, 0.1) is 5.92 Å². The molecular weight excluding hydrogens is 128 g/mol. The molecule has 58 valence electrons. The molecule has 0 aromatic rings. The molecule has 2 nitrogen and oxygen atoms in total. The van der Waals surface area contributed by atoms with Crippen molar-refractivity contribution in [2.45, 2.75) is 25.9 Å². The van der Waals surface area contributed by atoms with E-state index in [1.165, 1.54) is 0 Å². The average molecular weight is 142 g/mol. The van der Waals surface area contributed by atoms with Crippen molar-refractivity contribution in [3.8, 4) is 0 Å². The molecule has 0 radical (unpaired) electrons. The van der Waals surface area contributed by atoms with E-state index in [2.05, 4.69) is 0 Å². The number of hydrogen-bond donors (Lipinski definition) is 1. The second kappa shape index (κ2) is 3.62. The molecule has 1 aliphatic rings. The summed E-state index contributed by atoms with van der Waals surface area (Å²) >= 11 is 0. The van der Waals surface area contributed by atoms with E-state index in [9.17, 15) is 0 Å². The van der Waals surface area contributed by atoms with Gasteiger partial charge in [-0.15, -0.1) is 0 Å². The highest BCUT2D eigenvalue weighted by molar-refractivity contribution is 4.83. The lowest BCUT2D eigenvalue weighted by Crippen LogP contribution is -2.24. The van der Waals surface area contributed by atoms with Gasteiger partial charge in [0.15, 0.2) is 0 Å². The Bertz CT molecular complexity index is 120. The Morgan fingerprint density at radius 3 is 3.10 bits per heavy atom. The molecule has 0 aromatic heterocycles. The summed E-state index contributed by atoms with van der Waals surface area (Å²) in [6, 6.07) is 0. The van der Waals surface area contributed by atoms with Gasteiger partial charge in [0.1, 0.15) is 6.10 Å². The summed E-state index contributed by atoms with van der Waals surface area (Å²) in [7, 11) is 0. The second-order valence-electron chi connectivity index (χ2n) is 2.78. The van der Waals surface area contributed by atoms with E-state index < -0.39 is 0 Å². The molecule has 0 fully saturated rings. The first-order valence-electron chi connectivity index (χ1n) is 3.76. The van der Waals surface area contributed by atoms with Crippen molar-refractivity contribution < 1.29 is 9.84 Å². The van der Waals surface area contributed by atoms with Gasteiger partial charge in [-0.05, 0) is 18.9 Å². The van der Waals surface area contributed by atoms with Crippen LogP contribution in [0.25, 0.3) is 0 Å². The molecule has 1 aliphatic heterocycles. The van der Waals surface area contributed by atoms with Gasteiger partial charge >= 0.3 is 0 Å². The maximum atomic E-state index is 8.78. The number of allylic oxidation sites excluding steroid dienone is 1. The topological polar surface area (TPSA) is 29.5 Å². The van der Waals surface area contributed by atoms with Crippen LogP contribution in [0.5, 0.6) is 0 Å². The highest BCUT2D eigenvalue weighted by Crippen LogP contribution is 2.17. The lowest BCUT2D eigenvalue weighted by Gasteiger charge is -2.23. The van der Waals surface area contributed by atoms with Gasteiger partial charge in [0, 0.05) is 12.5 Å². The molecule has 0 spiro atoms. The first kappa shape index (κ1) is 7.61. The van der Waals surface area contributed by atoms with Gasteiger partial charge < -0.3 is 9.84 Å². The number of rotatable bonds is 2. The van der Waals surface area contributed by atoms with Crippen LogP contribution in [0.2, 0.25) is 0 Å². The van der Waals surface area contributed by atoms with Gasteiger partial charge in [-0.25, -0.2) is 0 Å². The summed E-state index contributed by atoms with van der Waals surface area (Å²) in [5.74, 6) is 0.268. The minimum atomic E-state index is 0.221. The van der Waals surface area contributed by atoms with E-state index in [-0.39, 0.29) is 18.6 Å². The summed E-state index contributed by atoms with van der Waals surface area (Å²) < 4.78 is 5.29. The first-order valence-corrected chi connectivity index (χ1v) is 3.76. The molecule has 1 rings (SSSR count). The Labute approximate surface area is 61.5 Å². The summed E-state index contributed by atoms with van der Waals surface area (Å²) in [6.45, 7) is 2.22. The van der Waals surface area contributed by atoms with Gasteiger partial charge in [0.25, 0.3) is 0 Å². The van der Waals surface area contributed by atoms with Gasteiger partial charge in [0.2, 0.25) is 0 Å². The second-order valence-corrected chi connectivity index (χ2v) is 2.78. The third-order valence-electron chi connectivity index (χ3n) is 1.89. The molecule has 0 bridgehead atoms. The lowest BCUT2D eigenvalue weighted by atomic mass is 10.0. The van der Waals surface area contributed by atoms with Crippen molar-refractivity contribution in [2.24, 2.45) is 5.92 Å². The standard InChI is InChI=1S/C8H14O2/c1-7(6-9)8-4-2-3-5-10-8/h3,5,7-9H,2,4,6H2,1H3/t7-,8-/m0/s1. The predicted octanol–water partition coefficient (Wildman–Crippen LogP) is 1.31. The molecule has 0 unspecified atom stereocenters. The highest BCUT2D eigenvalue weighted by atomic mass is 16.5. The molecule has 2 atom stereocenters. The van der Waals surface area contributed by atoms with Crippen LogP contribution in [0.1, 0.15) is 19.8 Å². The van der Waals surface area contributed by atoms with Crippen LogP contribution in [0.15, 0.2) is 12.3 Å². The molecule has 10 heavy (non-hydrogen) atoms. The smallest absolute Gasteiger partial charge is 0.103 e. The zero-order valence-electron chi connectivity index (χ0n) is 6.29. The zero-order valence-corrected chi connectivity index (χ0v) is 6.29. The minimum absolute atomic E-state index is 0.221. The van der Waals surface area contributed by atoms with E-state index in [1.54, 1.807) is 6.26 Å². The van der Waals surface area contributed by atoms with Crippen LogP contribution in [0.4, 0.5) is 0 Å². The Kier molecular flexibility index (Phi) is 2.75. The number of aliphatic hydroxyl groups is 1. The Hall–Kier alpha value is -0.500. The van der Waals surface area contributed by atoms with Crippen LogP contribution in [-0.2, 0) is 4.74 Å². The summed E-state index contributed by atoms with van der Waals surface area (Å²) in [4.78, 5) is 0. The number of hydrogen-bond acceptors (Lipinski definition) is 2. The molecule has 1 N–H and O–H groups in total. The minimum Gasteiger partial charge on any atom is -0.498 e. The van der Waals surface area contributed by atoms with E-state index in [1.807, 2.05) is 13.0 Å². The van der Waals surface area contributed by atoms with Crippen LogP contribution in [0.3, 0.4) is 0 Å². The molecule has 0 aliphatic carbocycles. The van der Waals surface area contributed by atoms with Crippen molar-refractivity contribution >= 4 is 0 Å². The van der Waals surface area contributed by atoms with Crippen LogP contribution in [-0.4, -0.2) is 17.8 Å². The number of ether oxygens (including phenoxy) is 1. The summed E-state index contributed by atoms with van der Waals surface area (Å²) in [6.07, 6.45) is 6.10. The summed E-state index contributed by atoms with van der Waals surface area (Å²) in [5, 5.41) is 8.78. The van der Waals surface area contributed by atoms with Gasteiger partial charge in [-0.1, -0.05) is 6.92 Å². The molecule has 2 heteroatoms. The molecule has 0 aromatic carbocycles. The van der Waals surface area contributed by atoms with Gasteiger partial charge in [0.05, 0.1) is 6.26 Å². The molecule has 0 amide bonds. The quantitative estimate of drug-likeness (QED) is 0.629. The lowest BCUT2D eigenvalue weighted by molar-refractivity contribution is 0.0474. The van der Waals surface area contributed by atoms with Crippen molar-refractivity contribution in [3.05, 3.63) is 12.3 Å². The van der Waals surface area contributed by atoms with Gasteiger partial charge in [-0.3, -0.25) is 0 Å². The molecular formula is C8H14O2. The Morgan fingerprint density at radius 1 is 1.80 bits per heavy atom. The van der Waals surface area contributed by atoms with Crippen molar-refractivity contribution in [1.82, 2.24) is 0 Å². The zero-order chi connectivity index (χ0) is 7.40. The van der Waals surface area contributed by atoms with Crippen LogP contribution < -0.4 is 0 Å². The van der Waals surface area contributed by atoms with Gasteiger partial charge in [-0.2, -0.15) is 0 Å². The monoisotopic (exact) mass is 142 g/mol. The Morgan fingerprint density at radius 2 is 2.60 bits per heavy atom. The third-order valence-corrected chi connectivity index (χ3v) is 1.89. The molecule has 0 saturated carbocycles. The van der Waals surface area contributed by atoms with E-state index in [0.717, 1.165) is 12.8 Å². The van der Waals surface area contributed by atoms with E-state index >= 15 is 0 Å². The van der Waals surface area contributed by atoms with Crippen molar-refractivity contribution in [2.75, 3.05) is 6.61 Å². The maximum Gasteiger partial charge on any atom is 0.103 e. The highest BCUT2D eigenvalue weighted by Gasteiger charge is 2.17. The maximum absolute atomic E-state index is 8.78. The van der Waals surface area contributed by atoms with Crippen LogP contribution >= 0.6 is 0 Å². The predicted molar refractivity (Wildman–Crippen MR) is 39.5 cm³/mol. The number of aliphatic hydroxyl groups excluding tert-OH is 1. The van der Waals surface area contributed by atoms with E-state index in [4.69, 9.17) is 9.84 Å². The first-order chi connectivity index (χ1) is 4.84. The fourth-order valence-electron chi connectivity index (χ4n) is 1.09. The third kappa shape index (κ3) is 1.74. The Balaban J connectivity index is 2.33. The molecule has 1 heterocycles. The fourth-order valence-corrected chi connectivity index (χ4v) is 1.09. The fraction of sp³-hybridized carbons (Fsp3) is 0.750. The van der Waals surface area contributed by atoms with Crippen molar-refractivity contribution in [3.63, 3.8) is 0 Å². The van der Waals surface area contributed by atoms with E-state index in [0.29, 0.717) is 0 Å². The van der Waals surface area contributed by atoms with Crippen molar-refractivity contribution in [1.29, 1.82) is 0 Å².